The Morgan fingerprint density at radius 2 is 2.10 bits per heavy atom. The maximum absolute atomic E-state index is 13.7. The third kappa shape index (κ3) is 3.48. The minimum atomic E-state index is -0.600. The zero-order chi connectivity index (χ0) is 15.4. The highest BCUT2D eigenvalue weighted by Gasteiger charge is 2.16. The van der Waals surface area contributed by atoms with Gasteiger partial charge >= 0.3 is 5.69 Å². The molecule has 0 atom stereocenters. The van der Waals surface area contributed by atoms with Crippen LogP contribution in [0.25, 0.3) is 0 Å². The van der Waals surface area contributed by atoms with Crippen LogP contribution in [0, 0.1) is 15.9 Å². The van der Waals surface area contributed by atoms with Gasteiger partial charge in [-0.3, -0.25) is 10.1 Å². The zero-order valence-corrected chi connectivity index (χ0v) is 11.6. The van der Waals surface area contributed by atoms with Crippen LogP contribution in [0.5, 0.6) is 5.75 Å². The molecule has 2 aromatic rings. The number of nitrogens with zero attached hydrogens (tertiary/aromatic N) is 1. The highest BCUT2D eigenvalue weighted by Crippen LogP contribution is 2.29. The van der Waals surface area contributed by atoms with Crippen LogP contribution in [0.1, 0.15) is 11.1 Å². The second kappa shape index (κ2) is 6.51. The lowest BCUT2D eigenvalue weighted by Gasteiger charge is -2.09. The third-order valence-electron chi connectivity index (χ3n) is 2.87. The van der Waals surface area contributed by atoms with Crippen LogP contribution in [-0.4, -0.2) is 4.92 Å². The van der Waals surface area contributed by atoms with Crippen LogP contribution in [0.2, 0.25) is 5.02 Å². The summed E-state index contributed by atoms with van der Waals surface area (Å²) in [5, 5.41) is 10.9. The van der Waals surface area contributed by atoms with Gasteiger partial charge in [-0.2, -0.15) is 0 Å². The molecule has 0 aromatic heterocycles. The van der Waals surface area contributed by atoms with Crippen LogP contribution in [0.15, 0.2) is 36.4 Å². The van der Waals surface area contributed by atoms with Crippen LogP contribution in [-0.2, 0) is 13.2 Å². The van der Waals surface area contributed by atoms with E-state index in [0.717, 1.165) is 0 Å². The molecule has 2 aromatic carbocycles. The van der Waals surface area contributed by atoms with E-state index >= 15 is 0 Å². The smallest absolute Gasteiger partial charge is 0.310 e. The first-order valence-corrected chi connectivity index (χ1v) is 6.43. The highest BCUT2D eigenvalue weighted by molar-refractivity contribution is 6.30. The number of hydrogen-bond acceptors (Lipinski definition) is 4. The van der Waals surface area contributed by atoms with E-state index in [4.69, 9.17) is 22.1 Å². The molecule has 0 amide bonds. The van der Waals surface area contributed by atoms with Crippen LogP contribution in [0.4, 0.5) is 10.1 Å². The van der Waals surface area contributed by atoms with Gasteiger partial charge in [-0.1, -0.05) is 29.8 Å². The van der Waals surface area contributed by atoms with E-state index in [9.17, 15) is 14.5 Å². The van der Waals surface area contributed by atoms with Gasteiger partial charge in [-0.25, -0.2) is 4.39 Å². The minimum Gasteiger partial charge on any atom is -0.482 e. The van der Waals surface area contributed by atoms with Gasteiger partial charge < -0.3 is 10.5 Å². The molecule has 0 aliphatic carbocycles. The fraction of sp³-hybridized carbons (Fsp3) is 0.143. The molecule has 0 heterocycles. The van der Waals surface area contributed by atoms with E-state index in [1.165, 1.54) is 24.3 Å². The predicted molar refractivity (Wildman–Crippen MR) is 76.7 cm³/mol. The Kier molecular flexibility index (Phi) is 4.72. The summed E-state index contributed by atoms with van der Waals surface area (Å²) in [6.07, 6.45) is 0. The summed E-state index contributed by atoms with van der Waals surface area (Å²) in [6.45, 7) is 0.0567. The number of rotatable bonds is 5. The molecule has 7 heteroatoms. The van der Waals surface area contributed by atoms with Gasteiger partial charge in [0.2, 0.25) is 0 Å². The van der Waals surface area contributed by atoms with Crippen LogP contribution < -0.4 is 10.5 Å². The van der Waals surface area contributed by atoms with Gasteiger partial charge in [0.15, 0.2) is 5.75 Å². The number of nitro groups is 1. The van der Waals surface area contributed by atoms with Crippen LogP contribution in [0.3, 0.4) is 0 Å². The molecule has 0 radical (unpaired) electrons. The first kappa shape index (κ1) is 15.2. The number of ether oxygens (including phenoxy) is 1. The van der Waals surface area contributed by atoms with Gasteiger partial charge in [0.05, 0.1) is 9.95 Å². The van der Waals surface area contributed by atoms with Gasteiger partial charge in [0.1, 0.15) is 12.4 Å². The van der Waals surface area contributed by atoms with E-state index in [1.807, 2.05) is 0 Å². The van der Waals surface area contributed by atoms with Crippen molar-refractivity contribution in [3.8, 4) is 5.75 Å². The third-order valence-corrected chi connectivity index (χ3v) is 3.16. The fourth-order valence-corrected chi connectivity index (χ4v) is 1.96. The van der Waals surface area contributed by atoms with E-state index < -0.39 is 10.7 Å². The van der Waals surface area contributed by atoms with E-state index in [1.54, 1.807) is 12.1 Å². The maximum atomic E-state index is 13.7. The average Bonchev–Trinajstić information content (AvgIpc) is 2.48. The minimum absolute atomic E-state index is 0.0266. The highest BCUT2D eigenvalue weighted by atomic mass is 35.5. The van der Waals surface area contributed by atoms with Crippen molar-refractivity contribution >= 4 is 17.3 Å². The van der Waals surface area contributed by atoms with Crippen molar-refractivity contribution in [1.82, 2.24) is 0 Å². The lowest BCUT2D eigenvalue weighted by atomic mass is 10.2. The van der Waals surface area contributed by atoms with Crippen molar-refractivity contribution in [3.63, 3.8) is 0 Å². The number of nitro benzene ring substituents is 1. The van der Waals surface area contributed by atoms with Gasteiger partial charge in [-0.15, -0.1) is 0 Å². The Hall–Kier alpha value is -2.18. The Balaban J connectivity index is 2.26. The van der Waals surface area contributed by atoms with E-state index in [-0.39, 0.29) is 35.2 Å². The zero-order valence-electron chi connectivity index (χ0n) is 10.9. The summed E-state index contributed by atoms with van der Waals surface area (Å²) in [5.74, 6) is -0.556. The number of benzene rings is 2. The number of nitrogens with two attached hydrogens (primary N) is 1. The standard InChI is InChI=1S/C14H12ClFN2O3/c15-11-3-1-2-10(14(11)16)8-21-13-6-9(7-17)4-5-12(13)18(19)20/h1-6H,7-8,17H2. The fourth-order valence-electron chi connectivity index (χ4n) is 1.77. The maximum Gasteiger partial charge on any atom is 0.310 e. The molecule has 0 unspecified atom stereocenters. The Bertz CT molecular complexity index is 679. The molecule has 0 aliphatic rings. The molecule has 0 saturated carbocycles. The summed E-state index contributed by atoms with van der Waals surface area (Å²) >= 11 is 5.67. The second-order valence-corrected chi connectivity index (χ2v) is 4.67. The lowest BCUT2D eigenvalue weighted by Crippen LogP contribution is -2.03. The normalized spacial score (nSPS) is 10.4. The molecule has 2 rings (SSSR count). The molecule has 0 saturated heterocycles. The molecule has 0 bridgehead atoms. The molecular weight excluding hydrogens is 299 g/mol. The quantitative estimate of drug-likeness (QED) is 0.678. The monoisotopic (exact) mass is 310 g/mol. The van der Waals surface area contributed by atoms with Gasteiger partial charge in [-0.05, 0) is 17.7 Å². The predicted octanol–water partition coefficient (Wildman–Crippen LogP) is 3.43. The molecule has 2 N–H and O–H groups in total. The summed E-state index contributed by atoms with van der Waals surface area (Å²) < 4.78 is 19.1. The molecule has 0 fully saturated rings. The van der Waals surface area contributed by atoms with E-state index in [0.29, 0.717) is 5.56 Å². The van der Waals surface area contributed by atoms with Crippen molar-refractivity contribution in [1.29, 1.82) is 0 Å². The summed E-state index contributed by atoms with van der Waals surface area (Å²) in [7, 11) is 0. The first-order valence-electron chi connectivity index (χ1n) is 6.06. The first-order chi connectivity index (χ1) is 10.0. The number of halogens is 2. The van der Waals surface area contributed by atoms with Gasteiger partial charge in [0, 0.05) is 18.2 Å². The van der Waals surface area contributed by atoms with Crippen molar-refractivity contribution in [2.75, 3.05) is 0 Å². The topological polar surface area (TPSA) is 78.4 Å². The van der Waals surface area contributed by atoms with Crippen molar-refractivity contribution in [2.45, 2.75) is 13.2 Å². The molecular formula is C14H12ClFN2O3. The SMILES string of the molecule is NCc1ccc([N+](=O)[O-])c(OCc2cccc(Cl)c2F)c1. The van der Waals surface area contributed by atoms with Crippen LogP contribution >= 0.6 is 11.6 Å². The Morgan fingerprint density at radius 1 is 1.33 bits per heavy atom. The Labute approximate surface area is 125 Å². The Morgan fingerprint density at radius 3 is 2.76 bits per heavy atom. The largest absolute Gasteiger partial charge is 0.482 e. The second-order valence-electron chi connectivity index (χ2n) is 4.26. The van der Waals surface area contributed by atoms with Crippen molar-refractivity contribution < 1.29 is 14.1 Å². The summed E-state index contributed by atoms with van der Waals surface area (Å²) in [6, 6.07) is 8.82. The summed E-state index contributed by atoms with van der Waals surface area (Å²) in [4.78, 5) is 10.4. The molecule has 0 aliphatic heterocycles. The lowest BCUT2D eigenvalue weighted by molar-refractivity contribution is -0.386. The van der Waals surface area contributed by atoms with E-state index in [2.05, 4.69) is 0 Å². The van der Waals surface area contributed by atoms with Crippen molar-refractivity contribution in [3.05, 3.63) is 68.5 Å². The molecule has 110 valence electrons. The van der Waals surface area contributed by atoms with Gasteiger partial charge in [0.25, 0.3) is 0 Å². The van der Waals surface area contributed by atoms with Crippen molar-refractivity contribution in [2.24, 2.45) is 5.73 Å². The molecule has 0 spiro atoms. The molecule has 5 nitrogen and oxygen atoms in total. The number of hydrogen-bond donors (Lipinski definition) is 1. The average molecular weight is 311 g/mol. The summed E-state index contributed by atoms with van der Waals surface area (Å²) in [5.41, 5.74) is 6.19. The molecule has 21 heavy (non-hydrogen) atoms.